The molecule has 0 atom stereocenters. The topological polar surface area (TPSA) is 98.8 Å². The molecular formula is C10H12N6O2S. The highest BCUT2D eigenvalue weighted by Crippen LogP contribution is 2.34. The Morgan fingerprint density at radius 3 is 2.74 bits per heavy atom. The van der Waals surface area contributed by atoms with E-state index in [0.29, 0.717) is 16.7 Å². The normalized spacial score (nSPS) is 10.5. The van der Waals surface area contributed by atoms with Gasteiger partial charge in [-0.3, -0.25) is 14.8 Å². The quantitative estimate of drug-likeness (QED) is 0.516. The lowest BCUT2D eigenvalue weighted by Gasteiger charge is -2.05. The first-order valence-corrected chi connectivity index (χ1v) is 6.20. The molecule has 2 rings (SSSR count). The average molecular weight is 280 g/mol. The number of hydrogen-bond donors (Lipinski definition) is 1. The summed E-state index contributed by atoms with van der Waals surface area (Å²) >= 11 is 1.19. The predicted octanol–water partition coefficient (Wildman–Crippen LogP) is 1.62. The van der Waals surface area contributed by atoms with Gasteiger partial charge in [0.1, 0.15) is 5.69 Å². The highest BCUT2D eigenvalue weighted by atomic mass is 32.2. The third-order valence-corrected chi connectivity index (χ3v) is 3.25. The van der Waals surface area contributed by atoms with E-state index in [4.69, 9.17) is 0 Å². The molecule has 8 nitrogen and oxygen atoms in total. The summed E-state index contributed by atoms with van der Waals surface area (Å²) in [5.74, 6) is 0.356. The minimum absolute atomic E-state index is 0.0761. The molecule has 2 heterocycles. The van der Waals surface area contributed by atoms with Crippen molar-refractivity contribution < 1.29 is 4.92 Å². The molecule has 1 N–H and O–H groups in total. The van der Waals surface area contributed by atoms with Gasteiger partial charge < -0.3 is 5.32 Å². The van der Waals surface area contributed by atoms with E-state index >= 15 is 0 Å². The summed E-state index contributed by atoms with van der Waals surface area (Å²) in [7, 11) is 3.45. The number of aryl methyl sites for hydroxylation is 2. The van der Waals surface area contributed by atoms with Crippen LogP contribution in [0.1, 0.15) is 5.69 Å². The van der Waals surface area contributed by atoms with E-state index in [0.717, 1.165) is 4.90 Å². The molecule has 0 saturated heterocycles. The van der Waals surface area contributed by atoms with Crippen LogP contribution in [-0.2, 0) is 7.05 Å². The van der Waals surface area contributed by atoms with E-state index in [1.54, 1.807) is 38.1 Å². The molecule has 0 aliphatic heterocycles. The highest BCUT2D eigenvalue weighted by Gasteiger charge is 2.23. The van der Waals surface area contributed by atoms with Gasteiger partial charge in [0.05, 0.1) is 16.0 Å². The van der Waals surface area contributed by atoms with Gasteiger partial charge in [0.2, 0.25) is 5.95 Å². The lowest BCUT2D eigenvalue weighted by atomic mass is 10.4. The molecule has 0 aliphatic rings. The Morgan fingerprint density at radius 2 is 2.21 bits per heavy atom. The molecule has 0 radical (unpaired) electrons. The Bertz CT molecular complexity index is 626. The van der Waals surface area contributed by atoms with Gasteiger partial charge in [0.25, 0.3) is 0 Å². The lowest BCUT2D eigenvalue weighted by molar-refractivity contribution is -0.389. The van der Waals surface area contributed by atoms with Crippen molar-refractivity contribution in [2.75, 3.05) is 12.4 Å². The number of nitrogens with one attached hydrogen (secondary N) is 1. The fourth-order valence-electron chi connectivity index (χ4n) is 1.50. The molecule has 0 amide bonds. The van der Waals surface area contributed by atoms with Gasteiger partial charge in [-0.25, -0.2) is 4.98 Å². The summed E-state index contributed by atoms with van der Waals surface area (Å²) in [6, 6.07) is 0. The minimum atomic E-state index is -0.465. The van der Waals surface area contributed by atoms with Gasteiger partial charge in [-0.15, -0.1) is 0 Å². The maximum atomic E-state index is 11.1. The molecule has 0 bridgehead atoms. The van der Waals surface area contributed by atoms with Gasteiger partial charge in [-0.2, -0.15) is 10.1 Å². The molecule has 2 aromatic heterocycles. The SMILES string of the molecule is CNc1nc(C)c([N+](=O)[O-])c(Sc2cnn(C)c2)n1. The van der Waals surface area contributed by atoms with Crippen LogP contribution in [0.3, 0.4) is 0 Å². The first kappa shape index (κ1) is 13.3. The van der Waals surface area contributed by atoms with Crippen molar-refractivity contribution in [2.45, 2.75) is 16.8 Å². The van der Waals surface area contributed by atoms with Crippen molar-refractivity contribution in [1.29, 1.82) is 0 Å². The zero-order valence-corrected chi connectivity index (χ0v) is 11.4. The van der Waals surface area contributed by atoms with Crippen LogP contribution in [0.25, 0.3) is 0 Å². The van der Waals surface area contributed by atoms with Crippen molar-refractivity contribution >= 4 is 23.4 Å². The minimum Gasteiger partial charge on any atom is -0.357 e. The summed E-state index contributed by atoms with van der Waals surface area (Å²) < 4.78 is 1.63. The molecule has 0 saturated carbocycles. The van der Waals surface area contributed by atoms with Gasteiger partial charge >= 0.3 is 5.69 Å². The summed E-state index contributed by atoms with van der Waals surface area (Å²) in [4.78, 5) is 19.6. The largest absolute Gasteiger partial charge is 0.357 e. The summed E-state index contributed by atoms with van der Waals surface area (Å²) in [5, 5.41) is 18.2. The van der Waals surface area contributed by atoms with Crippen LogP contribution in [0.5, 0.6) is 0 Å². The van der Waals surface area contributed by atoms with E-state index in [2.05, 4.69) is 20.4 Å². The second-order valence-corrected chi connectivity index (χ2v) is 4.81. The Hall–Kier alpha value is -2.16. The second-order valence-electron chi connectivity index (χ2n) is 3.75. The van der Waals surface area contributed by atoms with Crippen LogP contribution in [-0.4, -0.2) is 31.7 Å². The zero-order chi connectivity index (χ0) is 14.0. The number of aromatic nitrogens is 4. The lowest BCUT2D eigenvalue weighted by Crippen LogP contribution is -2.04. The smallest absolute Gasteiger partial charge is 0.322 e. The van der Waals surface area contributed by atoms with E-state index in [9.17, 15) is 10.1 Å². The van der Waals surface area contributed by atoms with Crippen LogP contribution in [0.2, 0.25) is 0 Å². The average Bonchev–Trinajstić information content (AvgIpc) is 2.73. The summed E-state index contributed by atoms with van der Waals surface area (Å²) in [6.45, 7) is 1.59. The van der Waals surface area contributed by atoms with E-state index < -0.39 is 4.92 Å². The first-order valence-electron chi connectivity index (χ1n) is 5.38. The summed E-state index contributed by atoms with van der Waals surface area (Å²) in [6.07, 6.45) is 3.40. The molecule has 9 heteroatoms. The van der Waals surface area contributed by atoms with Gasteiger partial charge in [0.15, 0.2) is 5.03 Å². The Morgan fingerprint density at radius 1 is 1.47 bits per heavy atom. The maximum absolute atomic E-state index is 11.1. The van der Waals surface area contributed by atoms with Crippen LogP contribution in [0.15, 0.2) is 22.3 Å². The molecule has 0 fully saturated rings. The fourth-order valence-corrected chi connectivity index (χ4v) is 2.48. The molecule has 2 aromatic rings. The van der Waals surface area contributed by atoms with Crippen LogP contribution >= 0.6 is 11.8 Å². The van der Waals surface area contributed by atoms with E-state index in [1.807, 2.05) is 0 Å². The van der Waals surface area contributed by atoms with Gasteiger partial charge in [-0.05, 0) is 6.92 Å². The zero-order valence-electron chi connectivity index (χ0n) is 10.6. The van der Waals surface area contributed by atoms with Crippen molar-refractivity contribution in [3.05, 3.63) is 28.2 Å². The molecule has 0 unspecified atom stereocenters. The molecule has 0 aromatic carbocycles. The maximum Gasteiger partial charge on any atom is 0.322 e. The first-order chi connectivity index (χ1) is 9.01. The molecule has 0 aliphatic carbocycles. The van der Waals surface area contributed by atoms with Crippen LogP contribution in [0, 0.1) is 17.0 Å². The Labute approximate surface area is 113 Å². The standard InChI is InChI=1S/C10H12N6O2S/c1-6-8(16(17)18)9(14-10(11-2)13-6)19-7-4-12-15(3)5-7/h4-5H,1-3H3,(H,11,13,14). The molecule has 19 heavy (non-hydrogen) atoms. The van der Waals surface area contributed by atoms with E-state index in [1.165, 1.54) is 11.8 Å². The monoisotopic (exact) mass is 280 g/mol. The van der Waals surface area contributed by atoms with Crippen LogP contribution in [0.4, 0.5) is 11.6 Å². The highest BCUT2D eigenvalue weighted by molar-refractivity contribution is 7.99. The van der Waals surface area contributed by atoms with Gasteiger partial charge in [0, 0.05) is 20.3 Å². The molecule has 100 valence electrons. The second kappa shape index (κ2) is 5.22. The van der Waals surface area contributed by atoms with Crippen molar-refractivity contribution in [1.82, 2.24) is 19.7 Å². The predicted molar refractivity (Wildman–Crippen MR) is 70.3 cm³/mol. The van der Waals surface area contributed by atoms with Crippen molar-refractivity contribution in [3.8, 4) is 0 Å². The van der Waals surface area contributed by atoms with Gasteiger partial charge in [-0.1, -0.05) is 11.8 Å². The number of hydrogen-bond acceptors (Lipinski definition) is 7. The third-order valence-electron chi connectivity index (χ3n) is 2.33. The van der Waals surface area contributed by atoms with Crippen LogP contribution < -0.4 is 5.32 Å². The van der Waals surface area contributed by atoms with Crippen molar-refractivity contribution in [2.24, 2.45) is 7.05 Å². The fraction of sp³-hybridized carbons (Fsp3) is 0.300. The van der Waals surface area contributed by atoms with Crippen molar-refractivity contribution in [3.63, 3.8) is 0 Å². The number of rotatable bonds is 4. The Balaban J connectivity index is 2.47. The third kappa shape index (κ3) is 2.81. The Kier molecular flexibility index (Phi) is 3.65. The van der Waals surface area contributed by atoms with E-state index in [-0.39, 0.29) is 5.69 Å². The number of nitro groups is 1. The molecule has 0 spiro atoms. The number of nitrogens with zero attached hydrogens (tertiary/aromatic N) is 5. The summed E-state index contributed by atoms with van der Waals surface area (Å²) in [5.41, 5.74) is 0.253. The molecular weight excluding hydrogens is 268 g/mol. The number of anilines is 1.